The lowest BCUT2D eigenvalue weighted by Gasteiger charge is -2.15. The summed E-state index contributed by atoms with van der Waals surface area (Å²) in [7, 11) is 0. The van der Waals surface area contributed by atoms with Crippen molar-refractivity contribution in [3.8, 4) is 0 Å². The molecule has 17 heavy (non-hydrogen) atoms. The van der Waals surface area contributed by atoms with Crippen LogP contribution in [0.4, 0.5) is 0 Å². The fourth-order valence-corrected chi connectivity index (χ4v) is 2.19. The number of hydrogen-bond donors (Lipinski definition) is 1. The van der Waals surface area contributed by atoms with Crippen molar-refractivity contribution >= 4 is 11.6 Å². The molecule has 1 unspecified atom stereocenters. The van der Waals surface area contributed by atoms with Gasteiger partial charge in [0.2, 0.25) is 0 Å². The van der Waals surface area contributed by atoms with E-state index < -0.39 is 0 Å². The van der Waals surface area contributed by atoms with E-state index in [1.165, 1.54) is 5.56 Å². The second kappa shape index (κ2) is 5.35. The van der Waals surface area contributed by atoms with Crippen molar-refractivity contribution < 1.29 is 0 Å². The van der Waals surface area contributed by atoms with Crippen LogP contribution in [0.3, 0.4) is 0 Å². The van der Waals surface area contributed by atoms with Gasteiger partial charge in [-0.2, -0.15) is 0 Å². The summed E-state index contributed by atoms with van der Waals surface area (Å²) < 4.78 is 0. The smallest absolute Gasteiger partial charge is 0.0438 e. The summed E-state index contributed by atoms with van der Waals surface area (Å²) >= 11 is 6.11. The topological polar surface area (TPSA) is 26.0 Å². The van der Waals surface area contributed by atoms with Crippen LogP contribution >= 0.6 is 11.6 Å². The Morgan fingerprint density at radius 1 is 1.06 bits per heavy atom. The molecule has 2 N–H and O–H groups in total. The van der Waals surface area contributed by atoms with Crippen LogP contribution in [0.15, 0.2) is 48.5 Å². The third kappa shape index (κ3) is 2.87. The molecule has 0 aromatic heterocycles. The Morgan fingerprint density at radius 3 is 2.47 bits per heavy atom. The first-order valence-corrected chi connectivity index (χ1v) is 6.11. The normalized spacial score (nSPS) is 12.4. The summed E-state index contributed by atoms with van der Waals surface area (Å²) in [4.78, 5) is 0. The molecule has 0 radical (unpaired) electrons. The molecule has 0 fully saturated rings. The monoisotopic (exact) mass is 245 g/mol. The zero-order valence-corrected chi connectivity index (χ0v) is 10.6. The van der Waals surface area contributed by atoms with Crippen molar-refractivity contribution in [1.82, 2.24) is 0 Å². The van der Waals surface area contributed by atoms with E-state index in [9.17, 15) is 0 Å². The molecular weight excluding hydrogens is 230 g/mol. The predicted molar refractivity (Wildman–Crippen MR) is 73.3 cm³/mol. The molecule has 0 saturated carbocycles. The number of nitrogens with two attached hydrogens (primary N) is 1. The average molecular weight is 246 g/mol. The maximum Gasteiger partial charge on any atom is 0.0438 e. The summed E-state index contributed by atoms with van der Waals surface area (Å²) in [5.41, 5.74) is 9.69. The molecule has 0 spiro atoms. The highest BCUT2D eigenvalue weighted by atomic mass is 35.5. The minimum atomic E-state index is -0.00361. The number of benzene rings is 2. The second-order valence-electron chi connectivity index (χ2n) is 4.25. The van der Waals surface area contributed by atoms with Crippen LogP contribution in [-0.2, 0) is 6.42 Å². The van der Waals surface area contributed by atoms with Crippen molar-refractivity contribution in [1.29, 1.82) is 0 Å². The molecule has 1 nitrogen and oxygen atoms in total. The summed E-state index contributed by atoms with van der Waals surface area (Å²) in [5, 5.41) is 0.783. The van der Waals surface area contributed by atoms with Gasteiger partial charge in [-0.15, -0.1) is 0 Å². The van der Waals surface area contributed by atoms with Gasteiger partial charge in [0.05, 0.1) is 0 Å². The molecule has 0 amide bonds. The lowest BCUT2D eigenvalue weighted by Crippen LogP contribution is -2.14. The van der Waals surface area contributed by atoms with Crippen molar-refractivity contribution in [3.05, 3.63) is 70.2 Å². The van der Waals surface area contributed by atoms with Crippen molar-refractivity contribution in [2.24, 2.45) is 5.73 Å². The van der Waals surface area contributed by atoms with E-state index in [1.807, 2.05) is 37.3 Å². The largest absolute Gasteiger partial charge is 0.324 e. The van der Waals surface area contributed by atoms with E-state index in [0.717, 1.165) is 22.6 Å². The number of hydrogen-bond acceptors (Lipinski definition) is 1. The van der Waals surface area contributed by atoms with Gasteiger partial charge in [0.25, 0.3) is 0 Å². The highest BCUT2D eigenvalue weighted by Crippen LogP contribution is 2.24. The third-order valence-electron chi connectivity index (χ3n) is 3.01. The first-order chi connectivity index (χ1) is 8.18. The Kier molecular flexibility index (Phi) is 3.82. The highest BCUT2D eigenvalue weighted by molar-refractivity contribution is 6.31. The molecule has 0 saturated heterocycles. The van der Waals surface area contributed by atoms with Gasteiger partial charge in [-0.1, -0.05) is 54.1 Å². The zero-order valence-electron chi connectivity index (χ0n) is 9.86. The molecular formula is C15H16ClN. The van der Waals surface area contributed by atoms with Gasteiger partial charge in [-0.05, 0) is 36.1 Å². The van der Waals surface area contributed by atoms with E-state index >= 15 is 0 Å². The van der Waals surface area contributed by atoms with Crippen molar-refractivity contribution in [3.63, 3.8) is 0 Å². The minimum absolute atomic E-state index is 0.00361. The second-order valence-corrected chi connectivity index (χ2v) is 4.66. The van der Waals surface area contributed by atoms with Crippen LogP contribution in [0.1, 0.15) is 22.7 Å². The third-order valence-corrected chi connectivity index (χ3v) is 3.42. The fourth-order valence-electron chi connectivity index (χ4n) is 2.00. The summed E-state index contributed by atoms with van der Waals surface area (Å²) in [6.07, 6.45) is 0.835. The Bertz CT molecular complexity index is 494. The van der Waals surface area contributed by atoms with Gasteiger partial charge in [-0.25, -0.2) is 0 Å². The van der Waals surface area contributed by atoms with Crippen LogP contribution in [0.5, 0.6) is 0 Å². The summed E-state index contributed by atoms with van der Waals surface area (Å²) in [6.45, 7) is 2.02. The molecule has 0 bridgehead atoms. The van der Waals surface area contributed by atoms with Crippen LogP contribution in [0, 0.1) is 6.92 Å². The lowest BCUT2D eigenvalue weighted by molar-refractivity contribution is 0.717. The molecule has 2 aromatic rings. The lowest BCUT2D eigenvalue weighted by atomic mass is 9.96. The van der Waals surface area contributed by atoms with Crippen molar-refractivity contribution in [2.75, 3.05) is 0 Å². The molecule has 0 aliphatic rings. The first kappa shape index (κ1) is 12.2. The van der Waals surface area contributed by atoms with Gasteiger partial charge in [0.1, 0.15) is 0 Å². The molecule has 2 heteroatoms. The quantitative estimate of drug-likeness (QED) is 0.872. The summed E-state index contributed by atoms with van der Waals surface area (Å²) in [5.74, 6) is 0. The van der Waals surface area contributed by atoms with Crippen molar-refractivity contribution in [2.45, 2.75) is 19.4 Å². The Morgan fingerprint density at radius 2 is 1.76 bits per heavy atom. The first-order valence-electron chi connectivity index (χ1n) is 5.73. The van der Waals surface area contributed by atoms with Gasteiger partial charge < -0.3 is 5.73 Å². The Balaban J connectivity index is 2.20. The Hall–Kier alpha value is -1.31. The van der Waals surface area contributed by atoms with Gasteiger partial charge in [0.15, 0.2) is 0 Å². The van der Waals surface area contributed by atoms with E-state index in [4.69, 9.17) is 17.3 Å². The Labute approximate surface area is 107 Å². The van der Waals surface area contributed by atoms with E-state index in [2.05, 4.69) is 18.2 Å². The number of halogens is 1. The van der Waals surface area contributed by atoms with Crippen LogP contribution in [0.25, 0.3) is 0 Å². The molecule has 2 rings (SSSR count). The SMILES string of the molecule is Cc1c(Cl)cccc1C(N)Cc1ccccc1. The molecule has 1 atom stereocenters. The van der Waals surface area contributed by atoms with E-state index in [-0.39, 0.29) is 6.04 Å². The predicted octanol–water partition coefficient (Wildman–Crippen LogP) is 3.89. The maximum absolute atomic E-state index is 6.24. The fraction of sp³-hybridized carbons (Fsp3) is 0.200. The molecule has 2 aromatic carbocycles. The zero-order chi connectivity index (χ0) is 12.3. The van der Waals surface area contributed by atoms with Gasteiger partial charge in [0, 0.05) is 11.1 Å². The molecule has 0 aliphatic carbocycles. The molecule has 0 aliphatic heterocycles. The minimum Gasteiger partial charge on any atom is -0.324 e. The van der Waals surface area contributed by atoms with Gasteiger partial charge >= 0.3 is 0 Å². The van der Waals surface area contributed by atoms with Gasteiger partial charge in [-0.3, -0.25) is 0 Å². The average Bonchev–Trinajstić information content (AvgIpc) is 2.34. The standard InChI is InChI=1S/C15H16ClN/c1-11-13(8-5-9-14(11)16)15(17)10-12-6-3-2-4-7-12/h2-9,15H,10,17H2,1H3. The number of rotatable bonds is 3. The maximum atomic E-state index is 6.24. The van der Waals surface area contributed by atoms with Crippen LogP contribution in [-0.4, -0.2) is 0 Å². The van der Waals surface area contributed by atoms with E-state index in [0.29, 0.717) is 0 Å². The highest BCUT2D eigenvalue weighted by Gasteiger charge is 2.11. The summed E-state index contributed by atoms with van der Waals surface area (Å²) in [6, 6.07) is 16.2. The van der Waals surface area contributed by atoms with E-state index in [1.54, 1.807) is 0 Å². The van der Waals surface area contributed by atoms with Crippen LogP contribution in [0.2, 0.25) is 5.02 Å². The molecule has 0 heterocycles. The molecule has 88 valence electrons. The van der Waals surface area contributed by atoms with Crippen LogP contribution < -0.4 is 5.73 Å².